The third-order valence-electron chi connectivity index (χ3n) is 4.16. The summed E-state index contributed by atoms with van der Waals surface area (Å²) in [7, 11) is -0.585. The molecule has 1 aromatic rings. The number of hydrogen-bond acceptors (Lipinski definition) is 5. The van der Waals surface area contributed by atoms with E-state index in [0.29, 0.717) is 30.5 Å². The van der Waals surface area contributed by atoms with Crippen LogP contribution in [0.2, 0.25) is 0 Å². The summed E-state index contributed by atoms with van der Waals surface area (Å²) in [5.74, 6) is 1.40. The van der Waals surface area contributed by atoms with Gasteiger partial charge < -0.3 is 15.2 Å². The van der Waals surface area contributed by atoms with Gasteiger partial charge in [0.05, 0.1) is 19.1 Å². The van der Waals surface area contributed by atoms with E-state index in [1.54, 1.807) is 12.1 Å². The summed E-state index contributed by atoms with van der Waals surface area (Å²) in [5.41, 5.74) is 5.78. The van der Waals surface area contributed by atoms with Crippen LogP contribution in [0.15, 0.2) is 23.1 Å². The van der Waals surface area contributed by atoms with Gasteiger partial charge in [0.15, 0.2) is 11.5 Å². The topological polar surface area (TPSA) is 81.9 Å². The normalized spacial score (nSPS) is 22.3. The Balaban J connectivity index is 0.00000264. The van der Waals surface area contributed by atoms with Crippen LogP contribution in [-0.4, -0.2) is 46.1 Å². The SMILES string of the molecule is COc1ccc(S(=O)(=O)N2CCC(C)CC2CN)cc1OC.Cl. The van der Waals surface area contributed by atoms with Crippen LogP contribution in [0.3, 0.4) is 0 Å². The fourth-order valence-electron chi connectivity index (χ4n) is 2.87. The van der Waals surface area contributed by atoms with Gasteiger partial charge in [-0.2, -0.15) is 4.31 Å². The Kier molecular flexibility index (Phi) is 7.13. The lowest BCUT2D eigenvalue weighted by Gasteiger charge is -2.36. The lowest BCUT2D eigenvalue weighted by Crippen LogP contribution is -2.49. The van der Waals surface area contributed by atoms with Crippen molar-refractivity contribution in [3.63, 3.8) is 0 Å². The number of methoxy groups -OCH3 is 2. The number of nitrogens with zero attached hydrogens (tertiary/aromatic N) is 1. The maximum absolute atomic E-state index is 12.9. The third-order valence-corrected chi connectivity index (χ3v) is 6.11. The highest BCUT2D eigenvalue weighted by molar-refractivity contribution is 7.89. The molecule has 1 aliphatic heterocycles. The van der Waals surface area contributed by atoms with E-state index in [1.807, 2.05) is 0 Å². The number of piperidine rings is 1. The summed E-state index contributed by atoms with van der Waals surface area (Å²) in [5, 5.41) is 0. The van der Waals surface area contributed by atoms with E-state index >= 15 is 0 Å². The molecule has 132 valence electrons. The van der Waals surface area contributed by atoms with Gasteiger partial charge in [0.25, 0.3) is 0 Å². The van der Waals surface area contributed by atoms with E-state index in [9.17, 15) is 8.42 Å². The van der Waals surface area contributed by atoms with Crippen LogP contribution in [0.1, 0.15) is 19.8 Å². The van der Waals surface area contributed by atoms with Crippen LogP contribution in [0.4, 0.5) is 0 Å². The molecule has 1 saturated heterocycles. The Bertz CT molecular complexity index is 624. The second-order valence-electron chi connectivity index (χ2n) is 5.65. The number of halogens is 1. The predicted molar refractivity (Wildman–Crippen MR) is 91.9 cm³/mol. The Labute approximate surface area is 144 Å². The first-order valence-corrected chi connectivity index (χ1v) is 8.82. The average Bonchev–Trinajstić information content (AvgIpc) is 2.53. The van der Waals surface area contributed by atoms with E-state index < -0.39 is 10.0 Å². The molecule has 1 heterocycles. The lowest BCUT2D eigenvalue weighted by atomic mass is 9.94. The molecule has 0 aromatic heterocycles. The van der Waals surface area contributed by atoms with E-state index in [-0.39, 0.29) is 23.3 Å². The van der Waals surface area contributed by atoms with E-state index in [2.05, 4.69) is 6.92 Å². The molecule has 2 N–H and O–H groups in total. The maximum Gasteiger partial charge on any atom is 0.243 e. The summed E-state index contributed by atoms with van der Waals surface area (Å²) in [6, 6.07) is 4.50. The standard InChI is InChI=1S/C15H24N2O4S.ClH/c1-11-6-7-17(12(8-11)10-16)22(18,19)13-4-5-14(20-2)15(9-13)21-3;/h4-5,9,11-12H,6-8,10,16H2,1-3H3;1H. The number of nitrogens with two attached hydrogens (primary N) is 1. The molecule has 0 amide bonds. The second-order valence-corrected chi connectivity index (χ2v) is 7.54. The molecular weight excluding hydrogens is 340 g/mol. The van der Waals surface area contributed by atoms with Crippen LogP contribution >= 0.6 is 12.4 Å². The lowest BCUT2D eigenvalue weighted by molar-refractivity contribution is 0.211. The average molecular weight is 365 g/mol. The molecule has 0 radical (unpaired) electrons. The van der Waals surface area contributed by atoms with Crippen LogP contribution in [0, 0.1) is 5.92 Å². The van der Waals surface area contributed by atoms with Crippen molar-refractivity contribution in [2.24, 2.45) is 11.7 Å². The largest absolute Gasteiger partial charge is 0.493 e. The van der Waals surface area contributed by atoms with Gasteiger partial charge in [-0.15, -0.1) is 12.4 Å². The first-order chi connectivity index (χ1) is 10.4. The first kappa shape index (κ1) is 20.0. The molecule has 0 spiro atoms. The Morgan fingerprint density at radius 2 is 1.91 bits per heavy atom. The minimum atomic E-state index is -3.59. The van der Waals surface area contributed by atoms with Crippen molar-refractivity contribution in [3.05, 3.63) is 18.2 Å². The van der Waals surface area contributed by atoms with Crippen molar-refractivity contribution >= 4 is 22.4 Å². The van der Waals surface area contributed by atoms with Gasteiger partial charge in [-0.05, 0) is 30.9 Å². The molecule has 1 aliphatic rings. The van der Waals surface area contributed by atoms with Gasteiger partial charge in [-0.3, -0.25) is 0 Å². The van der Waals surface area contributed by atoms with Crippen molar-refractivity contribution in [2.45, 2.75) is 30.7 Å². The smallest absolute Gasteiger partial charge is 0.243 e. The highest BCUT2D eigenvalue weighted by Gasteiger charge is 2.35. The fourth-order valence-corrected chi connectivity index (χ4v) is 4.55. The molecule has 2 atom stereocenters. The Morgan fingerprint density at radius 1 is 1.26 bits per heavy atom. The Morgan fingerprint density at radius 3 is 2.48 bits per heavy atom. The Hall–Kier alpha value is -1.02. The van der Waals surface area contributed by atoms with Gasteiger partial charge in [-0.25, -0.2) is 8.42 Å². The molecular formula is C15H25ClN2O4S. The fraction of sp³-hybridized carbons (Fsp3) is 0.600. The number of sulfonamides is 1. The highest BCUT2D eigenvalue weighted by Crippen LogP contribution is 2.33. The van der Waals surface area contributed by atoms with Crippen molar-refractivity contribution in [2.75, 3.05) is 27.3 Å². The molecule has 2 rings (SSSR count). The second kappa shape index (κ2) is 8.19. The molecule has 0 bridgehead atoms. The van der Waals surface area contributed by atoms with Gasteiger partial charge >= 0.3 is 0 Å². The van der Waals surface area contributed by atoms with Crippen molar-refractivity contribution in [1.29, 1.82) is 0 Å². The van der Waals surface area contributed by atoms with E-state index in [0.717, 1.165) is 12.8 Å². The number of rotatable bonds is 5. The first-order valence-electron chi connectivity index (χ1n) is 7.38. The minimum absolute atomic E-state index is 0. The quantitative estimate of drug-likeness (QED) is 0.862. The molecule has 0 saturated carbocycles. The minimum Gasteiger partial charge on any atom is -0.493 e. The molecule has 1 fully saturated rings. The number of benzene rings is 1. The third kappa shape index (κ3) is 4.09. The summed E-state index contributed by atoms with van der Waals surface area (Å²) in [6.07, 6.45) is 1.64. The zero-order valence-electron chi connectivity index (χ0n) is 13.7. The van der Waals surface area contributed by atoms with Crippen LogP contribution in [-0.2, 0) is 10.0 Å². The highest BCUT2D eigenvalue weighted by atomic mass is 35.5. The van der Waals surface area contributed by atoms with Crippen LogP contribution in [0.25, 0.3) is 0 Å². The van der Waals surface area contributed by atoms with Crippen LogP contribution < -0.4 is 15.2 Å². The maximum atomic E-state index is 12.9. The molecule has 1 aromatic carbocycles. The van der Waals surface area contributed by atoms with Gasteiger partial charge in [-0.1, -0.05) is 6.92 Å². The van der Waals surface area contributed by atoms with E-state index in [4.69, 9.17) is 15.2 Å². The summed E-state index contributed by atoms with van der Waals surface area (Å²) in [6.45, 7) is 2.96. The molecule has 0 aliphatic carbocycles. The summed E-state index contributed by atoms with van der Waals surface area (Å²) in [4.78, 5) is 0.207. The zero-order chi connectivity index (χ0) is 16.3. The number of hydrogen-bond donors (Lipinski definition) is 1. The van der Waals surface area contributed by atoms with Gasteiger partial charge in [0, 0.05) is 25.2 Å². The van der Waals surface area contributed by atoms with Crippen LogP contribution in [0.5, 0.6) is 11.5 Å². The molecule has 23 heavy (non-hydrogen) atoms. The molecule has 2 unspecified atom stereocenters. The van der Waals surface area contributed by atoms with E-state index in [1.165, 1.54) is 24.6 Å². The summed E-state index contributed by atoms with van der Waals surface area (Å²) < 4.78 is 37.7. The van der Waals surface area contributed by atoms with Crippen molar-refractivity contribution < 1.29 is 17.9 Å². The predicted octanol–water partition coefficient (Wildman–Crippen LogP) is 1.87. The zero-order valence-corrected chi connectivity index (χ0v) is 15.3. The number of ether oxygens (including phenoxy) is 2. The molecule has 8 heteroatoms. The molecule has 6 nitrogen and oxygen atoms in total. The van der Waals surface area contributed by atoms with Gasteiger partial charge in [0.2, 0.25) is 10.0 Å². The van der Waals surface area contributed by atoms with Crippen molar-refractivity contribution in [3.8, 4) is 11.5 Å². The van der Waals surface area contributed by atoms with Gasteiger partial charge in [0.1, 0.15) is 0 Å². The van der Waals surface area contributed by atoms with Crippen molar-refractivity contribution in [1.82, 2.24) is 4.31 Å². The summed E-state index contributed by atoms with van der Waals surface area (Å²) >= 11 is 0. The monoisotopic (exact) mass is 364 g/mol.